The number of oxazole rings is 1. The second-order valence-electron chi connectivity index (χ2n) is 4.40. The van der Waals surface area contributed by atoms with Gasteiger partial charge >= 0.3 is 11.7 Å². The van der Waals surface area contributed by atoms with E-state index in [9.17, 15) is 9.59 Å². The number of aromatic nitrogens is 2. The Kier molecular flexibility index (Phi) is 3.51. The Hall–Kier alpha value is -2.89. The molecule has 0 aliphatic heterocycles. The van der Waals surface area contributed by atoms with Crippen LogP contribution >= 0.6 is 0 Å². The number of fused-ring (bicyclic) bond motifs is 1. The molecule has 0 N–H and O–H groups in total. The lowest BCUT2D eigenvalue weighted by Gasteiger charge is -2.04. The van der Waals surface area contributed by atoms with Gasteiger partial charge in [-0.25, -0.2) is 4.79 Å². The van der Waals surface area contributed by atoms with Gasteiger partial charge in [0, 0.05) is 6.20 Å². The normalized spacial score (nSPS) is 10.7. The Balaban J connectivity index is 1.72. The van der Waals surface area contributed by atoms with Crippen molar-refractivity contribution in [1.82, 2.24) is 9.55 Å². The lowest BCUT2D eigenvalue weighted by molar-refractivity contribution is -0.145. The van der Waals surface area contributed by atoms with Crippen LogP contribution in [0.3, 0.4) is 0 Å². The number of nitrogens with zero attached hydrogens (tertiary/aromatic N) is 2. The van der Waals surface area contributed by atoms with Gasteiger partial charge in [-0.15, -0.1) is 0 Å². The van der Waals surface area contributed by atoms with Gasteiger partial charge in [-0.05, 0) is 24.3 Å². The van der Waals surface area contributed by atoms with Crippen molar-refractivity contribution in [2.75, 3.05) is 0 Å². The Bertz CT molecular complexity index is 820. The van der Waals surface area contributed by atoms with Gasteiger partial charge in [0.15, 0.2) is 5.58 Å². The van der Waals surface area contributed by atoms with Crippen molar-refractivity contribution >= 4 is 17.1 Å². The minimum Gasteiger partial charge on any atom is -0.458 e. The smallest absolute Gasteiger partial charge is 0.420 e. The zero-order chi connectivity index (χ0) is 14.7. The van der Waals surface area contributed by atoms with Crippen molar-refractivity contribution in [1.29, 1.82) is 0 Å². The molecule has 0 atom stereocenters. The lowest BCUT2D eigenvalue weighted by Crippen LogP contribution is -2.21. The highest BCUT2D eigenvalue weighted by Gasteiger charge is 2.13. The van der Waals surface area contributed by atoms with Crippen LogP contribution in [0.25, 0.3) is 11.1 Å². The molecule has 6 heteroatoms. The Labute approximate surface area is 119 Å². The first-order valence-electron chi connectivity index (χ1n) is 6.38. The monoisotopic (exact) mass is 284 g/mol. The van der Waals surface area contributed by atoms with Crippen LogP contribution in [0.4, 0.5) is 0 Å². The summed E-state index contributed by atoms with van der Waals surface area (Å²) in [5.41, 5.74) is 1.66. The van der Waals surface area contributed by atoms with E-state index in [4.69, 9.17) is 9.15 Å². The van der Waals surface area contributed by atoms with Gasteiger partial charge in [0.2, 0.25) is 0 Å². The largest absolute Gasteiger partial charge is 0.458 e. The maximum absolute atomic E-state index is 11.8. The van der Waals surface area contributed by atoms with Gasteiger partial charge in [0.1, 0.15) is 13.2 Å². The molecule has 1 aromatic carbocycles. The van der Waals surface area contributed by atoms with E-state index in [1.165, 1.54) is 4.57 Å². The third kappa shape index (κ3) is 2.84. The number of esters is 1. The molecular formula is C15H12N2O4. The highest BCUT2D eigenvalue weighted by molar-refractivity contribution is 5.76. The molecule has 2 aromatic heterocycles. The fourth-order valence-electron chi connectivity index (χ4n) is 1.98. The number of carbonyl (C=O) groups excluding carboxylic acids is 1. The van der Waals surface area contributed by atoms with Crippen LogP contribution < -0.4 is 5.76 Å². The van der Waals surface area contributed by atoms with Gasteiger partial charge in [-0.1, -0.05) is 18.2 Å². The third-order valence-corrected chi connectivity index (χ3v) is 2.97. The van der Waals surface area contributed by atoms with E-state index < -0.39 is 11.7 Å². The van der Waals surface area contributed by atoms with Crippen molar-refractivity contribution in [3.05, 3.63) is 64.9 Å². The zero-order valence-electron chi connectivity index (χ0n) is 11.1. The molecule has 3 rings (SSSR count). The molecule has 21 heavy (non-hydrogen) atoms. The Morgan fingerprint density at radius 2 is 2.00 bits per heavy atom. The van der Waals surface area contributed by atoms with E-state index in [1.54, 1.807) is 42.6 Å². The summed E-state index contributed by atoms with van der Waals surface area (Å²) < 4.78 is 11.4. The minimum atomic E-state index is -0.578. The Morgan fingerprint density at radius 1 is 1.19 bits per heavy atom. The van der Waals surface area contributed by atoms with Gasteiger partial charge in [-0.2, -0.15) is 0 Å². The first-order valence-corrected chi connectivity index (χ1v) is 6.38. The third-order valence-electron chi connectivity index (χ3n) is 2.97. The van der Waals surface area contributed by atoms with E-state index >= 15 is 0 Å². The molecule has 3 aromatic rings. The fraction of sp³-hybridized carbons (Fsp3) is 0.133. The molecule has 0 unspecified atom stereocenters. The van der Waals surface area contributed by atoms with Crippen molar-refractivity contribution in [3.8, 4) is 0 Å². The van der Waals surface area contributed by atoms with E-state index in [2.05, 4.69) is 4.98 Å². The summed E-state index contributed by atoms with van der Waals surface area (Å²) in [7, 11) is 0. The highest BCUT2D eigenvalue weighted by atomic mass is 16.5. The average Bonchev–Trinajstić information content (AvgIpc) is 2.82. The predicted molar refractivity (Wildman–Crippen MR) is 74.5 cm³/mol. The lowest BCUT2D eigenvalue weighted by atomic mass is 10.3. The summed E-state index contributed by atoms with van der Waals surface area (Å²) in [5, 5.41) is 0. The number of hydrogen-bond acceptors (Lipinski definition) is 5. The molecule has 106 valence electrons. The molecule has 0 fully saturated rings. The first-order chi connectivity index (χ1) is 10.2. The molecule has 0 spiro atoms. The van der Waals surface area contributed by atoms with Crippen LogP contribution in [-0.2, 0) is 22.7 Å². The second kappa shape index (κ2) is 5.62. The first kappa shape index (κ1) is 13.1. The van der Waals surface area contributed by atoms with Gasteiger partial charge < -0.3 is 9.15 Å². The summed E-state index contributed by atoms with van der Waals surface area (Å²) in [6.07, 6.45) is 1.62. The Morgan fingerprint density at radius 3 is 2.81 bits per heavy atom. The van der Waals surface area contributed by atoms with Crippen LogP contribution in [0.15, 0.2) is 57.9 Å². The average molecular weight is 284 g/mol. The van der Waals surface area contributed by atoms with Crippen LogP contribution in [0.5, 0.6) is 0 Å². The van der Waals surface area contributed by atoms with E-state index in [-0.39, 0.29) is 13.2 Å². The van der Waals surface area contributed by atoms with Crippen LogP contribution in [0, 0.1) is 0 Å². The summed E-state index contributed by atoms with van der Waals surface area (Å²) in [6, 6.07) is 12.3. The molecule has 2 heterocycles. The van der Waals surface area contributed by atoms with Gasteiger partial charge in [0.25, 0.3) is 0 Å². The number of pyridine rings is 1. The number of ether oxygens (including phenoxy) is 1. The number of hydrogen-bond donors (Lipinski definition) is 0. The van der Waals surface area contributed by atoms with Crippen molar-refractivity contribution < 1.29 is 13.9 Å². The number of benzene rings is 1. The maximum Gasteiger partial charge on any atom is 0.420 e. The second-order valence-corrected chi connectivity index (χ2v) is 4.40. The van der Waals surface area contributed by atoms with Crippen molar-refractivity contribution in [2.24, 2.45) is 0 Å². The maximum atomic E-state index is 11.8. The molecule has 0 saturated carbocycles. The topological polar surface area (TPSA) is 74.3 Å². The van der Waals surface area contributed by atoms with E-state index in [0.29, 0.717) is 16.8 Å². The highest BCUT2D eigenvalue weighted by Crippen LogP contribution is 2.11. The van der Waals surface area contributed by atoms with Crippen LogP contribution in [0.1, 0.15) is 5.69 Å². The molecule has 0 aliphatic rings. The molecule has 0 aliphatic carbocycles. The predicted octanol–water partition coefficient (Wildman–Crippen LogP) is 1.73. The zero-order valence-corrected chi connectivity index (χ0v) is 11.1. The summed E-state index contributed by atoms with van der Waals surface area (Å²) in [5.74, 6) is -1.10. The van der Waals surface area contributed by atoms with Crippen molar-refractivity contribution in [3.63, 3.8) is 0 Å². The van der Waals surface area contributed by atoms with Gasteiger partial charge in [-0.3, -0.25) is 14.3 Å². The van der Waals surface area contributed by atoms with Crippen LogP contribution in [0.2, 0.25) is 0 Å². The quantitative estimate of drug-likeness (QED) is 0.682. The fourth-order valence-corrected chi connectivity index (χ4v) is 1.98. The number of carbonyl (C=O) groups is 1. The summed E-state index contributed by atoms with van der Waals surface area (Å²) >= 11 is 0. The molecule has 0 saturated heterocycles. The molecule has 0 radical (unpaired) electrons. The molecular weight excluding hydrogens is 272 g/mol. The van der Waals surface area contributed by atoms with Gasteiger partial charge in [0.05, 0.1) is 11.2 Å². The SMILES string of the molecule is O=C(Cn1c(=O)oc2ccccc21)OCc1ccccn1. The minimum absolute atomic E-state index is 0.0736. The van der Waals surface area contributed by atoms with Crippen molar-refractivity contribution in [2.45, 2.75) is 13.2 Å². The summed E-state index contributed by atoms with van der Waals surface area (Å²) in [4.78, 5) is 27.6. The van der Waals surface area contributed by atoms with E-state index in [0.717, 1.165) is 0 Å². The summed E-state index contributed by atoms with van der Waals surface area (Å²) in [6.45, 7) is -0.118. The number of rotatable bonds is 4. The molecule has 0 amide bonds. The number of para-hydroxylation sites is 2. The van der Waals surface area contributed by atoms with E-state index in [1.807, 2.05) is 6.07 Å². The van der Waals surface area contributed by atoms with Crippen LogP contribution in [-0.4, -0.2) is 15.5 Å². The standard InChI is InChI=1S/C15H12N2O4/c18-14(20-10-11-5-3-4-8-16-11)9-17-12-6-1-2-7-13(12)21-15(17)19/h1-8H,9-10H2. The molecule has 6 nitrogen and oxygen atoms in total. The molecule has 0 bridgehead atoms.